The molecule has 0 bridgehead atoms. The van der Waals surface area contributed by atoms with E-state index in [1.807, 2.05) is 6.79 Å². The number of aliphatic hydroxyl groups is 1. The quantitative estimate of drug-likeness (QED) is 0.172. The van der Waals surface area contributed by atoms with Crippen LogP contribution in [-0.4, -0.2) is 84.3 Å². The first kappa shape index (κ1) is 33.2. The van der Waals surface area contributed by atoms with E-state index in [0.717, 1.165) is 12.6 Å². The van der Waals surface area contributed by atoms with Gasteiger partial charge in [0.2, 0.25) is 11.8 Å². The Morgan fingerprint density at radius 3 is 1.59 bits per heavy atom. The summed E-state index contributed by atoms with van der Waals surface area (Å²) in [5.41, 5.74) is 4.52. The zero-order valence-electron chi connectivity index (χ0n) is 12.4. The van der Waals surface area contributed by atoms with Crippen molar-refractivity contribution in [3.05, 3.63) is 0 Å². The number of nitrogens with one attached hydrogen (secondary N) is 1. The Kier molecular flexibility index (Phi) is 55.9. The Balaban J connectivity index is -0.0000000615. The van der Waals surface area contributed by atoms with Crippen molar-refractivity contribution in [2.45, 2.75) is 19.3 Å². The van der Waals surface area contributed by atoms with Crippen LogP contribution in [0.3, 0.4) is 0 Å². The SMILES string of the molecule is C=O.NC(=O)CCl.O=C(CCl)NCO.O=CCCCC=O.[Na]. The second kappa shape index (κ2) is 37.1. The van der Waals surface area contributed by atoms with Crippen molar-refractivity contribution in [3.63, 3.8) is 0 Å². The van der Waals surface area contributed by atoms with Crippen LogP contribution in [0.1, 0.15) is 19.3 Å². The first-order valence-corrected chi connectivity index (χ1v) is 6.50. The maximum Gasteiger partial charge on any atom is 0.236 e. The topological polar surface area (TPSA) is 144 Å². The van der Waals surface area contributed by atoms with E-state index in [2.05, 4.69) is 11.1 Å². The normalized spacial score (nSPS) is 7.05. The molecule has 22 heavy (non-hydrogen) atoms. The third-order valence-corrected chi connectivity index (χ3v) is 1.68. The molecule has 0 aromatic heterocycles. The van der Waals surface area contributed by atoms with Gasteiger partial charge in [0.05, 0.1) is 0 Å². The van der Waals surface area contributed by atoms with Crippen LogP contribution in [0.2, 0.25) is 0 Å². The van der Waals surface area contributed by atoms with Crippen molar-refractivity contribution in [1.29, 1.82) is 0 Å². The number of hydrogen-bond donors (Lipinski definition) is 3. The Morgan fingerprint density at radius 2 is 1.45 bits per heavy atom. The molecule has 0 fully saturated rings. The zero-order valence-corrected chi connectivity index (χ0v) is 15.9. The van der Waals surface area contributed by atoms with Gasteiger partial charge in [-0.2, -0.15) is 0 Å². The predicted octanol–water partition coefficient (Wildman–Crippen LogP) is -1.01. The van der Waals surface area contributed by atoms with Gasteiger partial charge in [-0.15, -0.1) is 23.2 Å². The maximum atomic E-state index is 10.0. The van der Waals surface area contributed by atoms with Crippen molar-refractivity contribution < 1.29 is 29.1 Å². The summed E-state index contributed by atoms with van der Waals surface area (Å²) in [6, 6.07) is 0. The summed E-state index contributed by atoms with van der Waals surface area (Å²) in [7, 11) is 0. The van der Waals surface area contributed by atoms with Gasteiger partial charge in [0.15, 0.2) is 0 Å². The van der Waals surface area contributed by atoms with Gasteiger partial charge < -0.3 is 30.5 Å². The number of rotatable bonds is 7. The monoisotopic (exact) mass is 369 g/mol. The van der Waals surface area contributed by atoms with Gasteiger partial charge in [0.1, 0.15) is 37.9 Å². The van der Waals surface area contributed by atoms with E-state index in [4.69, 9.17) is 33.1 Å². The molecule has 1 radical (unpaired) electrons. The third kappa shape index (κ3) is 60.6. The summed E-state index contributed by atoms with van der Waals surface area (Å²) in [4.78, 5) is 46.6. The van der Waals surface area contributed by atoms with Crippen LogP contribution in [0.25, 0.3) is 0 Å². The number of amides is 2. The Labute approximate surface area is 161 Å². The fraction of sp³-hybridized carbons (Fsp3) is 0.545. The molecule has 0 saturated heterocycles. The van der Waals surface area contributed by atoms with E-state index in [9.17, 15) is 19.2 Å². The summed E-state index contributed by atoms with van der Waals surface area (Å²) >= 11 is 9.87. The number of unbranched alkanes of at least 4 members (excludes halogenated alkanes) is 2. The standard InChI is InChI=1S/C5H8O2.C3H6ClNO2.C2H4ClNO.CH2O.Na/c6-4-2-1-3-5-7;4-1-3(7)5-2-6;3-1-2(4)5;1-2;/h4-5H,1-3H2;6H,1-2H2,(H,5,7);1H2,(H2,4,5);1H2;. The van der Waals surface area contributed by atoms with E-state index in [1.165, 1.54) is 0 Å². The summed E-state index contributed by atoms with van der Waals surface area (Å²) in [5.74, 6) is -1.02. The maximum absolute atomic E-state index is 10.0. The molecule has 0 aliphatic rings. The van der Waals surface area contributed by atoms with Crippen LogP contribution in [0, 0.1) is 0 Å². The smallest absolute Gasteiger partial charge is 0.236 e. The number of primary amides is 1. The molecular formula is C11H20Cl2N2NaO6. The van der Waals surface area contributed by atoms with Gasteiger partial charge in [-0.3, -0.25) is 9.59 Å². The first-order chi connectivity index (χ1) is 9.99. The Hall–Kier alpha value is -0.510. The largest absolute Gasteiger partial charge is 0.377 e. The molecule has 125 valence electrons. The molecule has 0 aromatic rings. The average Bonchev–Trinajstić information content (AvgIpc) is 2.51. The van der Waals surface area contributed by atoms with Crippen molar-refractivity contribution in [2.24, 2.45) is 5.73 Å². The molecule has 0 heterocycles. The van der Waals surface area contributed by atoms with Gasteiger partial charge in [-0.1, -0.05) is 0 Å². The van der Waals surface area contributed by atoms with Gasteiger partial charge in [0.25, 0.3) is 0 Å². The zero-order chi connectivity index (χ0) is 17.5. The third-order valence-electron chi connectivity index (χ3n) is 1.17. The number of halogens is 2. The number of carbonyl (C=O) groups is 5. The number of aliphatic hydroxyl groups excluding tert-OH is 1. The minimum atomic E-state index is -0.480. The molecule has 0 spiro atoms. The van der Waals surface area contributed by atoms with E-state index in [1.54, 1.807) is 0 Å². The van der Waals surface area contributed by atoms with Crippen LogP contribution in [0.15, 0.2) is 0 Å². The Bertz CT molecular complexity index is 265. The molecule has 0 saturated carbocycles. The fourth-order valence-electron chi connectivity index (χ4n) is 0.420. The molecular weight excluding hydrogens is 350 g/mol. The number of alkyl halides is 2. The van der Waals surface area contributed by atoms with Crippen LogP contribution in [0.5, 0.6) is 0 Å². The van der Waals surface area contributed by atoms with E-state index < -0.39 is 5.91 Å². The number of hydrogen-bond acceptors (Lipinski definition) is 6. The number of carbonyl (C=O) groups excluding carboxylic acids is 5. The van der Waals surface area contributed by atoms with Crippen molar-refractivity contribution in [3.8, 4) is 0 Å². The minimum Gasteiger partial charge on any atom is -0.377 e. The molecule has 11 heteroatoms. The van der Waals surface area contributed by atoms with Gasteiger partial charge in [-0.05, 0) is 6.42 Å². The molecule has 0 aromatic carbocycles. The van der Waals surface area contributed by atoms with Crippen molar-refractivity contribution in [1.82, 2.24) is 5.32 Å². The van der Waals surface area contributed by atoms with Gasteiger partial charge in [0, 0.05) is 42.4 Å². The number of nitrogens with two attached hydrogens (primary N) is 1. The van der Waals surface area contributed by atoms with Crippen molar-refractivity contribution >= 4 is 83.9 Å². The van der Waals surface area contributed by atoms with Gasteiger partial charge >= 0.3 is 0 Å². The van der Waals surface area contributed by atoms with Crippen molar-refractivity contribution in [2.75, 3.05) is 18.5 Å². The van der Waals surface area contributed by atoms with Crippen LogP contribution < -0.4 is 11.1 Å². The van der Waals surface area contributed by atoms with Crippen LogP contribution in [-0.2, 0) is 24.0 Å². The summed E-state index contributed by atoms with van der Waals surface area (Å²) in [6.07, 6.45) is 3.37. The van der Waals surface area contributed by atoms with Gasteiger partial charge in [-0.25, -0.2) is 0 Å². The molecule has 0 unspecified atom stereocenters. The molecule has 4 N–H and O–H groups in total. The molecule has 8 nitrogen and oxygen atoms in total. The van der Waals surface area contributed by atoms with Crippen LogP contribution in [0.4, 0.5) is 0 Å². The molecule has 0 atom stereocenters. The average molecular weight is 370 g/mol. The minimum absolute atomic E-state index is 0. The number of aldehydes is 2. The Morgan fingerprint density at radius 1 is 1.09 bits per heavy atom. The fourth-order valence-corrected chi connectivity index (χ4v) is 0.514. The molecule has 0 rings (SSSR count). The van der Waals surface area contributed by atoms with E-state index in [-0.39, 0.29) is 54.0 Å². The second-order valence-corrected chi connectivity index (χ2v) is 3.29. The summed E-state index contributed by atoms with van der Waals surface area (Å²) < 4.78 is 0. The molecule has 2 amide bonds. The summed E-state index contributed by atoms with van der Waals surface area (Å²) in [5, 5.41) is 10.1. The predicted molar refractivity (Wildman–Crippen MR) is 84.7 cm³/mol. The second-order valence-electron chi connectivity index (χ2n) is 2.76. The first-order valence-electron chi connectivity index (χ1n) is 5.43. The van der Waals surface area contributed by atoms with Crippen LogP contribution >= 0.6 is 23.2 Å². The molecule has 0 aliphatic heterocycles. The summed E-state index contributed by atoms with van der Waals surface area (Å²) in [6.45, 7) is 1.66. The molecule has 0 aliphatic carbocycles. The van der Waals surface area contributed by atoms with E-state index in [0.29, 0.717) is 19.3 Å². The van der Waals surface area contributed by atoms with E-state index >= 15 is 0 Å².